The monoisotopic (exact) mass is 271 g/mol. The van der Waals surface area contributed by atoms with Gasteiger partial charge in [0.2, 0.25) is 0 Å². The van der Waals surface area contributed by atoms with Gasteiger partial charge in [-0.05, 0) is 12.1 Å². The van der Waals surface area contributed by atoms with Gasteiger partial charge >= 0.3 is 0 Å². The molecule has 2 aromatic rings. The van der Waals surface area contributed by atoms with Crippen molar-refractivity contribution in [1.82, 2.24) is 9.55 Å². The van der Waals surface area contributed by atoms with Crippen LogP contribution in [0.15, 0.2) is 41.8 Å². The normalized spacial score (nSPS) is 18.2. The number of imidazole rings is 1. The van der Waals surface area contributed by atoms with Gasteiger partial charge < -0.3 is 19.9 Å². The lowest BCUT2D eigenvalue weighted by Crippen LogP contribution is -2.36. The van der Waals surface area contributed by atoms with Crippen molar-refractivity contribution < 1.29 is 4.74 Å². The van der Waals surface area contributed by atoms with Gasteiger partial charge in [0.05, 0.1) is 37.9 Å². The van der Waals surface area contributed by atoms with Gasteiger partial charge in [0.15, 0.2) is 5.96 Å². The molecule has 1 atom stereocenters. The summed E-state index contributed by atoms with van der Waals surface area (Å²) in [6.07, 6.45) is 3.64. The van der Waals surface area contributed by atoms with Crippen LogP contribution in [0.5, 0.6) is 5.75 Å². The summed E-state index contributed by atoms with van der Waals surface area (Å²) in [7, 11) is 3.62. The van der Waals surface area contributed by atoms with Gasteiger partial charge in [0, 0.05) is 18.8 Å². The third-order valence-corrected chi connectivity index (χ3v) is 3.51. The molecule has 2 N–H and O–H groups in total. The lowest BCUT2D eigenvalue weighted by atomic mass is 10.1. The molecule has 104 valence electrons. The number of benzene rings is 1. The molecule has 1 unspecified atom stereocenters. The van der Waals surface area contributed by atoms with Crippen molar-refractivity contribution in [2.24, 2.45) is 17.8 Å². The highest BCUT2D eigenvalue weighted by Gasteiger charge is 2.30. The Morgan fingerprint density at radius 2 is 2.25 bits per heavy atom. The lowest BCUT2D eigenvalue weighted by Gasteiger charge is -2.26. The molecule has 20 heavy (non-hydrogen) atoms. The van der Waals surface area contributed by atoms with Crippen molar-refractivity contribution in [3.8, 4) is 5.75 Å². The number of aromatic nitrogens is 2. The number of anilines is 1. The number of nitrogens with zero attached hydrogens (tertiary/aromatic N) is 4. The highest BCUT2D eigenvalue weighted by atomic mass is 16.5. The van der Waals surface area contributed by atoms with Crippen LogP contribution in [0, 0.1) is 0 Å². The molecule has 1 aliphatic rings. The minimum atomic E-state index is 0.0645. The molecule has 0 fully saturated rings. The van der Waals surface area contributed by atoms with E-state index in [-0.39, 0.29) is 6.04 Å². The van der Waals surface area contributed by atoms with Gasteiger partial charge in [-0.2, -0.15) is 0 Å². The van der Waals surface area contributed by atoms with E-state index < -0.39 is 0 Å². The van der Waals surface area contributed by atoms with Crippen molar-refractivity contribution in [3.63, 3.8) is 0 Å². The fourth-order valence-corrected chi connectivity index (χ4v) is 2.48. The van der Waals surface area contributed by atoms with Gasteiger partial charge in [-0.25, -0.2) is 4.98 Å². The van der Waals surface area contributed by atoms with Crippen LogP contribution in [0.4, 0.5) is 5.69 Å². The zero-order chi connectivity index (χ0) is 14.1. The first-order chi connectivity index (χ1) is 9.70. The summed E-state index contributed by atoms with van der Waals surface area (Å²) in [5.41, 5.74) is 8.10. The van der Waals surface area contributed by atoms with Crippen LogP contribution < -0.4 is 15.4 Å². The zero-order valence-electron chi connectivity index (χ0n) is 11.5. The van der Waals surface area contributed by atoms with Crippen LogP contribution in [-0.2, 0) is 7.05 Å². The number of aliphatic imine (C=N–C) groups is 1. The van der Waals surface area contributed by atoms with E-state index in [1.807, 2.05) is 47.0 Å². The van der Waals surface area contributed by atoms with Gasteiger partial charge in [0.1, 0.15) is 5.75 Å². The molecule has 2 heterocycles. The summed E-state index contributed by atoms with van der Waals surface area (Å²) >= 11 is 0. The van der Waals surface area contributed by atoms with E-state index in [1.165, 1.54) is 0 Å². The molecule has 0 amide bonds. The van der Waals surface area contributed by atoms with Crippen LogP contribution in [-0.4, -0.2) is 29.2 Å². The largest absolute Gasteiger partial charge is 0.497 e. The topological polar surface area (TPSA) is 68.7 Å². The number of rotatable bonds is 3. The Labute approximate surface area is 117 Å². The van der Waals surface area contributed by atoms with E-state index in [4.69, 9.17) is 10.5 Å². The average Bonchev–Trinajstić information content (AvgIpc) is 3.04. The maximum atomic E-state index is 6.05. The molecule has 6 nitrogen and oxygen atoms in total. The number of aryl methyl sites for hydroxylation is 1. The van der Waals surface area contributed by atoms with Crippen LogP contribution >= 0.6 is 0 Å². The van der Waals surface area contributed by atoms with E-state index in [9.17, 15) is 0 Å². The highest BCUT2D eigenvalue weighted by molar-refractivity contribution is 5.97. The first-order valence-corrected chi connectivity index (χ1v) is 6.40. The number of guanidine groups is 1. The van der Waals surface area contributed by atoms with Gasteiger partial charge in [-0.15, -0.1) is 0 Å². The molecule has 1 aromatic carbocycles. The number of nitrogens with two attached hydrogens (primary N) is 1. The number of methoxy groups -OCH3 is 1. The number of ether oxygens (including phenoxy) is 1. The van der Waals surface area contributed by atoms with Crippen molar-refractivity contribution in [1.29, 1.82) is 0 Å². The standard InChI is InChI=1S/C14H17N5O/c1-18-9-16-7-12(18)13-8-17-14(15)19(13)10-4-3-5-11(6-10)20-2/h3-7,9,13H,8H2,1-2H3,(H2,15,17). The third kappa shape index (κ3) is 1.99. The molecule has 3 rings (SSSR count). The van der Waals surface area contributed by atoms with E-state index in [1.54, 1.807) is 13.4 Å². The molecule has 0 saturated heterocycles. The predicted molar refractivity (Wildman–Crippen MR) is 77.9 cm³/mol. The first kappa shape index (κ1) is 12.5. The smallest absolute Gasteiger partial charge is 0.196 e. The molecule has 0 bridgehead atoms. The summed E-state index contributed by atoms with van der Waals surface area (Å²) < 4.78 is 7.27. The second-order valence-electron chi connectivity index (χ2n) is 4.72. The van der Waals surface area contributed by atoms with Gasteiger partial charge in [0.25, 0.3) is 0 Å². The van der Waals surface area contributed by atoms with Crippen LogP contribution in [0.25, 0.3) is 0 Å². The molecule has 6 heteroatoms. The van der Waals surface area contributed by atoms with E-state index in [0.29, 0.717) is 12.5 Å². The maximum absolute atomic E-state index is 6.05. The molecule has 0 aliphatic carbocycles. The van der Waals surface area contributed by atoms with Crippen LogP contribution in [0.3, 0.4) is 0 Å². The Hall–Kier alpha value is -2.50. The van der Waals surface area contributed by atoms with E-state index in [2.05, 4.69) is 9.98 Å². The van der Waals surface area contributed by atoms with Gasteiger partial charge in [-0.1, -0.05) is 6.07 Å². The van der Waals surface area contributed by atoms with Crippen LogP contribution in [0.2, 0.25) is 0 Å². The molecule has 0 radical (unpaired) electrons. The minimum Gasteiger partial charge on any atom is -0.497 e. The number of hydrogen-bond acceptors (Lipinski definition) is 5. The Morgan fingerprint density at radius 1 is 1.40 bits per heavy atom. The summed E-state index contributed by atoms with van der Waals surface area (Å²) in [6.45, 7) is 0.628. The molecule has 0 spiro atoms. The fraction of sp³-hybridized carbons (Fsp3) is 0.286. The Balaban J connectivity index is 2.00. The van der Waals surface area contributed by atoms with Gasteiger partial charge in [-0.3, -0.25) is 4.99 Å². The molecular weight excluding hydrogens is 254 g/mol. The summed E-state index contributed by atoms with van der Waals surface area (Å²) in [4.78, 5) is 10.6. The average molecular weight is 271 g/mol. The lowest BCUT2D eigenvalue weighted by molar-refractivity contribution is 0.415. The summed E-state index contributed by atoms with van der Waals surface area (Å²) in [5, 5.41) is 0. The fourth-order valence-electron chi connectivity index (χ4n) is 2.48. The highest BCUT2D eigenvalue weighted by Crippen LogP contribution is 2.32. The molecule has 1 aromatic heterocycles. The van der Waals surface area contributed by atoms with E-state index in [0.717, 1.165) is 17.1 Å². The van der Waals surface area contributed by atoms with Crippen molar-refractivity contribution in [2.45, 2.75) is 6.04 Å². The number of hydrogen-bond donors (Lipinski definition) is 1. The quantitative estimate of drug-likeness (QED) is 0.913. The van der Waals surface area contributed by atoms with E-state index >= 15 is 0 Å². The van der Waals surface area contributed by atoms with Crippen molar-refractivity contribution >= 4 is 11.6 Å². The molecule has 1 aliphatic heterocycles. The summed E-state index contributed by atoms with van der Waals surface area (Å²) in [5.74, 6) is 1.32. The minimum absolute atomic E-state index is 0.0645. The molecular formula is C14H17N5O. The zero-order valence-corrected chi connectivity index (χ0v) is 11.5. The first-order valence-electron chi connectivity index (χ1n) is 6.40. The Morgan fingerprint density at radius 3 is 2.95 bits per heavy atom. The van der Waals surface area contributed by atoms with Crippen LogP contribution in [0.1, 0.15) is 11.7 Å². The second-order valence-corrected chi connectivity index (χ2v) is 4.72. The third-order valence-electron chi connectivity index (χ3n) is 3.51. The Kier molecular flexibility index (Phi) is 3.06. The Bertz CT molecular complexity index is 649. The second kappa shape index (κ2) is 4.88. The van der Waals surface area contributed by atoms with Crippen molar-refractivity contribution in [3.05, 3.63) is 42.5 Å². The summed E-state index contributed by atoms with van der Waals surface area (Å²) in [6, 6.07) is 7.87. The SMILES string of the molecule is COc1cccc(N2C(N)=NCC2c2cncn2C)c1. The predicted octanol–water partition coefficient (Wildman–Crippen LogP) is 1.30. The maximum Gasteiger partial charge on any atom is 0.196 e. The van der Waals surface area contributed by atoms with Crippen molar-refractivity contribution in [2.75, 3.05) is 18.6 Å². The molecule has 0 saturated carbocycles.